The molecule has 156 valence electrons. The summed E-state index contributed by atoms with van der Waals surface area (Å²) >= 11 is 0. The van der Waals surface area contributed by atoms with Crippen LogP contribution in [0, 0.1) is 0 Å². The quantitative estimate of drug-likeness (QED) is 0.548. The molecule has 6 heteroatoms. The zero-order valence-electron chi connectivity index (χ0n) is 16.8. The number of nitrogens with one attached hydrogen (secondary N) is 1. The molecule has 6 nitrogen and oxygen atoms in total. The molecule has 1 aliphatic heterocycles. The lowest BCUT2D eigenvalue weighted by molar-refractivity contribution is -0.896. The number of carboxylic acid groups (broad SMARTS) is 2. The number of hydrogen-bond acceptors (Lipinski definition) is 4. The van der Waals surface area contributed by atoms with Crippen molar-refractivity contribution < 1.29 is 29.5 Å². The van der Waals surface area contributed by atoms with Gasteiger partial charge in [-0.3, -0.25) is 4.79 Å². The van der Waals surface area contributed by atoms with Gasteiger partial charge in [0.25, 0.3) is 0 Å². The summed E-state index contributed by atoms with van der Waals surface area (Å²) in [7, 11) is 0. The van der Waals surface area contributed by atoms with Crippen LogP contribution >= 0.6 is 0 Å². The summed E-state index contributed by atoms with van der Waals surface area (Å²) in [6.45, 7) is 3.13. The maximum atomic E-state index is 13.0. The highest BCUT2D eigenvalue weighted by molar-refractivity contribution is 6.00. The van der Waals surface area contributed by atoms with Gasteiger partial charge in [0.1, 0.15) is 6.54 Å². The Bertz CT molecular complexity index is 773. The number of quaternary nitrogens is 1. The summed E-state index contributed by atoms with van der Waals surface area (Å²) in [5.41, 5.74) is 7.02. The van der Waals surface area contributed by atoms with Crippen molar-refractivity contribution in [3.05, 3.63) is 46.0 Å². The van der Waals surface area contributed by atoms with E-state index in [-0.39, 0.29) is 0 Å². The molecular weight excluding hydrogens is 370 g/mol. The molecule has 0 radical (unpaired) electrons. The van der Waals surface area contributed by atoms with Crippen LogP contribution in [0.25, 0.3) is 0 Å². The van der Waals surface area contributed by atoms with E-state index in [0.717, 1.165) is 19.4 Å². The van der Waals surface area contributed by atoms with Crippen LogP contribution in [-0.4, -0.2) is 42.5 Å². The van der Waals surface area contributed by atoms with E-state index in [0.29, 0.717) is 17.9 Å². The second-order valence-electron chi connectivity index (χ2n) is 8.14. The Hall–Kier alpha value is -2.47. The second kappa shape index (κ2) is 9.83. The number of Topliss-reactive ketones (excluding diaryl/α,β-unsaturated/α-hetero) is 1. The molecule has 0 bridgehead atoms. The third kappa shape index (κ3) is 5.54. The molecule has 1 saturated heterocycles. The normalized spacial score (nSPS) is 18.1. The summed E-state index contributed by atoms with van der Waals surface area (Å²) in [4.78, 5) is 33.5. The van der Waals surface area contributed by atoms with Gasteiger partial charge in [0, 0.05) is 11.6 Å². The minimum absolute atomic E-state index is 0.447. The number of carboxylic acids is 2. The van der Waals surface area contributed by atoms with Crippen LogP contribution in [0.3, 0.4) is 0 Å². The molecule has 0 spiro atoms. The third-order valence-electron chi connectivity index (χ3n) is 6.09. The first-order valence-electron chi connectivity index (χ1n) is 10.6. The molecule has 29 heavy (non-hydrogen) atoms. The predicted molar refractivity (Wildman–Crippen MR) is 106 cm³/mol. The summed E-state index contributed by atoms with van der Waals surface area (Å²) in [6.07, 6.45) is 12.0. The van der Waals surface area contributed by atoms with Gasteiger partial charge in [0.05, 0.1) is 19.1 Å². The second-order valence-corrected chi connectivity index (χ2v) is 8.14. The maximum Gasteiger partial charge on any atom is 0.328 e. The Kier molecular flexibility index (Phi) is 7.20. The Morgan fingerprint density at radius 1 is 0.897 bits per heavy atom. The van der Waals surface area contributed by atoms with E-state index in [1.54, 1.807) is 0 Å². The number of ketones is 1. The number of rotatable bonds is 5. The average Bonchev–Trinajstić information content (AvgIpc) is 3.34. The molecule has 0 amide bonds. The monoisotopic (exact) mass is 399 g/mol. The molecule has 2 N–H and O–H groups in total. The van der Waals surface area contributed by atoms with Crippen LogP contribution in [-0.2, 0) is 35.3 Å². The molecule has 4 rings (SSSR count). The van der Waals surface area contributed by atoms with E-state index in [2.05, 4.69) is 6.07 Å². The molecular formula is C23H29NO5. The molecule has 1 heterocycles. The number of aryl methyl sites for hydroxylation is 2. The zero-order chi connectivity index (χ0) is 20.8. The van der Waals surface area contributed by atoms with Crippen molar-refractivity contribution in [1.82, 2.24) is 0 Å². The van der Waals surface area contributed by atoms with Crippen LogP contribution in [0.15, 0.2) is 18.2 Å². The summed E-state index contributed by atoms with van der Waals surface area (Å²) < 4.78 is 0. The summed E-state index contributed by atoms with van der Waals surface area (Å²) in [6, 6.07) is 2.43. The molecule has 2 aliphatic carbocycles. The van der Waals surface area contributed by atoms with Gasteiger partial charge in [-0.2, -0.15) is 0 Å². The molecule has 0 saturated carbocycles. The van der Waals surface area contributed by atoms with Gasteiger partial charge in [-0.15, -0.1) is 0 Å². The molecule has 0 aromatic heterocycles. The van der Waals surface area contributed by atoms with E-state index in [4.69, 9.17) is 5.11 Å². The predicted octanol–water partition coefficient (Wildman–Crippen LogP) is 0.293. The van der Waals surface area contributed by atoms with Gasteiger partial charge >= 0.3 is 5.97 Å². The van der Waals surface area contributed by atoms with Crippen molar-refractivity contribution in [1.29, 1.82) is 0 Å². The minimum Gasteiger partial charge on any atom is -0.545 e. The van der Waals surface area contributed by atoms with Crippen LogP contribution in [0.2, 0.25) is 0 Å². The first-order chi connectivity index (χ1) is 14.0. The fourth-order valence-corrected chi connectivity index (χ4v) is 4.84. The molecule has 0 atom stereocenters. The van der Waals surface area contributed by atoms with E-state index < -0.39 is 11.9 Å². The number of carbonyl (C=O) groups is 3. The number of piperidine rings is 1. The van der Waals surface area contributed by atoms with Crippen molar-refractivity contribution in [3.8, 4) is 0 Å². The lowest BCUT2D eigenvalue weighted by atomic mass is 9.91. The highest BCUT2D eigenvalue weighted by atomic mass is 16.4. The molecule has 1 fully saturated rings. The van der Waals surface area contributed by atoms with Crippen molar-refractivity contribution in [2.75, 3.05) is 19.6 Å². The fraction of sp³-hybridized carbons (Fsp3) is 0.522. The Morgan fingerprint density at radius 3 is 1.97 bits per heavy atom. The van der Waals surface area contributed by atoms with Gasteiger partial charge in [0.15, 0.2) is 0 Å². The number of hydrogen-bond donors (Lipinski definition) is 2. The standard InChI is InChI=1S/C19H25NO.C4H4O4/c21-18(13-20-10-2-1-3-11-20)19-16-8-4-6-14(16)12-15-7-5-9-17(15)19;5-3(6)1-2-4(7)8/h12H,1-11,13H2;1-2H,(H,5,6)(H,7,8)/b;2-1-. The fourth-order valence-electron chi connectivity index (χ4n) is 4.84. The number of likely N-dealkylation sites (tertiary alicyclic amines) is 1. The summed E-state index contributed by atoms with van der Waals surface area (Å²) in [5, 5.41) is 17.2. The Morgan fingerprint density at radius 2 is 1.48 bits per heavy atom. The highest BCUT2D eigenvalue weighted by Crippen LogP contribution is 2.35. The Labute approximate surface area is 171 Å². The van der Waals surface area contributed by atoms with Gasteiger partial charge in [0.2, 0.25) is 5.78 Å². The van der Waals surface area contributed by atoms with Crippen LogP contribution in [0.5, 0.6) is 0 Å². The van der Waals surface area contributed by atoms with Gasteiger partial charge in [-0.1, -0.05) is 6.07 Å². The smallest absolute Gasteiger partial charge is 0.328 e. The molecule has 3 aliphatic rings. The SMILES string of the molecule is O=C(C[NH+]1CCCCC1)c1c2c(cc3c1CCC3)CCC2.O=C([O-])/C=C\C(=O)O. The van der Waals surface area contributed by atoms with Crippen LogP contribution < -0.4 is 10.0 Å². The highest BCUT2D eigenvalue weighted by Gasteiger charge is 2.29. The molecule has 1 aromatic carbocycles. The lowest BCUT2D eigenvalue weighted by Crippen LogP contribution is -3.13. The van der Waals surface area contributed by atoms with Crippen molar-refractivity contribution in [3.63, 3.8) is 0 Å². The topological polar surface area (TPSA) is 98.9 Å². The first-order valence-corrected chi connectivity index (χ1v) is 10.6. The lowest BCUT2D eigenvalue weighted by Gasteiger charge is -2.24. The minimum atomic E-state index is -1.51. The number of fused-ring (bicyclic) bond motifs is 2. The third-order valence-corrected chi connectivity index (χ3v) is 6.09. The van der Waals surface area contributed by atoms with E-state index in [1.807, 2.05) is 0 Å². The molecule has 0 unspecified atom stereocenters. The van der Waals surface area contributed by atoms with Crippen molar-refractivity contribution in [2.45, 2.75) is 57.8 Å². The number of benzene rings is 1. The first kappa shape index (κ1) is 21.2. The van der Waals surface area contributed by atoms with E-state index in [1.165, 1.54) is 90.8 Å². The number of carbonyl (C=O) groups excluding carboxylic acids is 2. The average molecular weight is 399 g/mol. The Balaban J connectivity index is 0.000000258. The largest absolute Gasteiger partial charge is 0.545 e. The number of aliphatic carboxylic acids is 2. The maximum absolute atomic E-state index is 13.0. The van der Waals surface area contributed by atoms with Crippen molar-refractivity contribution >= 4 is 17.7 Å². The molecule has 1 aromatic rings. The van der Waals surface area contributed by atoms with E-state index in [9.17, 15) is 19.5 Å². The van der Waals surface area contributed by atoms with E-state index >= 15 is 0 Å². The zero-order valence-corrected chi connectivity index (χ0v) is 16.8. The van der Waals surface area contributed by atoms with Crippen LogP contribution in [0.1, 0.15) is 64.7 Å². The van der Waals surface area contributed by atoms with Gasteiger partial charge < -0.3 is 19.9 Å². The van der Waals surface area contributed by atoms with Crippen molar-refractivity contribution in [2.24, 2.45) is 0 Å². The summed E-state index contributed by atoms with van der Waals surface area (Å²) in [5.74, 6) is -2.36. The van der Waals surface area contributed by atoms with Gasteiger partial charge in [-0.05, 0) is 86.1 Å². The van der Waals surface area contributed by atoms with Gasteiger partial charge in [-0.25, -0.2) is 4.79 Å². The van der Waals surface area contributed by atoms with Crippen LogP contribution in [0.4, 0.5) is 0 Å².